The fourth-order valence-corrected chi connectivity index (χ4v) is 3.04. The Bertz CT molecular complexity index is 603. The van der Waals surface area contributed by atoms with E-state index in [0.717, 1.165) is 36.7 Å². The van der Waals surface area contributed by atoms with E-state index in [1.54, 1.807) is 0 Å². The van der Waals surface area contributed by atoms with Crippen LogP contribution >= 0.6 is 0 Å². The fraction of sp³-hybridized carbons (Fsp3) is 0.467. The quantitative estimate of drug-likeness (QED) is 0.785. The van der Waals surface area contributed by atoms with Gasteiger partial charge in [-0.1, -0.05) is 31.9 Å². The summed E-state index contributed by atoms with van der Waals surface area (Å²) in [4.78, 5) is 19.9. The summed E-state index contributed by atoms with van der Waals surface area (Å²) in [6.07, 6.45) is 3.63. The lowest BCUT2D eigenvalue weighted by Crippen LogP contribution is -2.53. The lowest BCUT2D eigenvalue weighted by Gasteiger charge is -2.34. The molecule has 0 saturated heterocycles. The van der Waals surface area contributed by atoms with E-state index >= 15 is 0 Å². The number of nitrogens with one attached hydrogen (secondary N) is 2. The first kappa shape index (κ1) is 13.1. The van der Waals surface area contributed by atoms with Crippen molar-refractivity contribution in [2.45, 2.75) is 38.1 Å². The fourth-order valence-electron chi connectivity index (χ4n) is 3.04. The molecule has 3 rings (SSSR count). The molecule has 5 nitrogen and oxygen atoms in total. The maximum Gasteiger partial charge on any atom is 0.246 e. The van der Waals surface area contributed by atoms with E-state index in [4.69, 9.17) is 5.73 Å². The summed E-state index contributed by atoms with van der Waals surface area (Å²) in [5.41, 5.74) is 7.26. The summed E-state index contributed by atoms with van der Waals surface area (Å²) in [7, 11) is 0. The highest BCUT2D eigenvalue weighted by Gasteiger charge is 2.38. The van der Waals surface area contributed by atoms with Crippen LogP contribution in [-0.4, -0.2) is 21.4 Å². The molecular formula is C15H20N4O. The number of nitrogens with zero attached hydrogens (tertiary/aromatic N) is 1. The zero-order chi connectivity index (χ0) is 14.2. The second-order valence-electron chi connectivity index (χ2n) is 5.91. The van der Waals surface area contributed by atoms with Crippen LogP contribution in [0.2, 0.25) is 0 Å². The number of nitrogens with two attached hydrogens (primary N) is 1. The third kappa shape index (κ3) is 2.41. The van der Waals surface area contributed by atoms with Crippen molar-refractivity contribution < 1.29 is 4.79 Å². The van der Waals surface area contributed by atoms with Crippen LogP contribution in [-0.2, 0) is 4.79 Å². The van der Waals surface area contributed by atoms with Gasteiger partial charge in [-0.3, -0.25) is 10.1 Å². The Morgan fingerprint density at radius 2 is 2.30 bits per heavy atom. The van der Waals surface area contributed by atoms with Crippen molar-refractivity contribution in [3.63, 3.8) is 0 Å². The molecule has 1 amide bonds. The van der Waals surface area contributed by atoms with Crippen LogP contribution in [0.25, 0.3) is 11.0 Å². The number of benzene rings is 1. The summed E-state index contributed by atoms with van der Waals surface area (Å²) < 4.78 is 0. The summed E-state index contributed by atoms with van der Waals surface area (Å²) in [6.45, 7) is 2.15. The lowest BCUT2D eigenvalue weighted by atomic mass is 9.76. The van der Waals surface area contributed by atoms with Crippen molar-refractivity contribution in [2.24, 2.45) is 11.7 Å². The lowest BCUT2D eigenvalue weighted by molar-refractivity contribution is -0.122. The van der Waals surface area contributed by atoms with Crippen molar-refractivity contribution in [1.29, 1.82) is 0 Å². The summed E-state index contributed by atoms with van der Waals surface area (Å²) in [5.74, 6) is 0.831. The van der Waals surface area contributed by atoms with E-state index in [9.17, 15) is 4.79 Å². The van der Waals surface area contributed by atoms with Crippen molar-refractivity contribution in [2.75, 3.05) is 5.32 Å². The summed E-state index contributed by atoms with van der Waals surface area (Å²) in [6, 6.07) is 7.68. The van der Waals surface area contributed by atoms with Gasteiger partial charge in [0.15, 0.2) is 0 Å². The zero-order valence-electron chi connectivity index (χ0n) is 11.6. The molecule has 2 atom stereocenters. The first-order valence-electron chi connectivity index (χ1n) is 7.12. The monoisotopic (exact) mass is 272 g/mol. The zero-order valence-corrected chi connectivity index (χ0v) is 11.6. The summed E-state index contributed by atoms with van der Waals surface area (Å²) >= 11 is 0. The smallest absolute Gasteiger partial charge is 0.246 e. The number of aromatic amines is 1. The van der Waals surface area contributed by atoms with Gasteiger partial charge >= 0.3 is 0 Å². The van der Waals surface area contributed by atoms with E-state index in [0.29, 0.717) is 11.9 Å². The van der Waals surface area contributed by atoms with Gasteiger partial charge in [0.2, 0.25) is 11.9 Å². The number of imidazole rings is 1. The van der Waals surface area contributed by atoms with Crippen molar-refractivity contribution in [3.05, 3.63) is 24.3 Å². The molecule has 2 unspecified atom stereocenters. The number of aromatic nitrogens is 2. The van der Waals surface area contributed by atoms with Crippen LogP contribution in [0, 0.1) is 5.92 Å². The van der Waals surface area contributed by atoms with Gasteiger partial charge in [-0.25, -0.2) is 4.98 Å². The summed E-state index contributed by atoms with van der Waals surface area (Å²) in [5, 5.41) is 2.83. The molecular weight excluding hydrogens is 252 g/mol. The predicted molar refractivity (Wildman–Crippen MR) is 79.3 cm³/mol. The largest absolute Gasteiger partial charge is 0.324 e. The Kier molecular flexibility index (Phi) is 3.22. The highest BCUT2D eigenvalue weighted by molar-refractivity contribution is 5.97. The van der Waals surface area contributed by atoms with E-state index < -0.39 is 5.54 Å². The van der Waals surface area contributed by atoms with E-state index in [2.05, 4.69) is 22.2 Å². The van der Waals surface area contributed by atoms with Crippen LogP contribution in [0.15, 0.2) is 24.3 Å². The first-order valence-corrected chi connectivity index (χ1v) is 7.12. The number of para-hydroxylation sites is 2. The number of hydrogen-bond donors (Lipinski definition) is 3. The predicted octanol–water partition coefficient (Wildman–Crippen LogP) is 2.41. The number of fused-ring (bicyclic) bond motifs is 1. The molecule has 1 aromatic carbocycles. The third-order valence-electron chi connectivity index (χ3n) is 4.11. The average molecular weight is 272 g/mol. The molecule has 2 aromatic rings. The van der Waals surface area contributed by atoms with Crippen LogP contribution in [0.1, 0.15) is 32.6 Å². The molecule has 1 saturated carbocycles. The van der Waals surface area contributed by atoms with Crippen molar-refractivity contribution in [1.82, 2.24) is 9.97 Å². The molecule has 20 heavy (non-hydrogen) atoms. The Hall–Kier alpha value is -1.88. The number of hydrogen-bond acceptors (Lipinski definition) is 3. The molecule has 5 heteroatoms. The standard InChI is InChI=1S/C15H20N4O/c1-10-5-4-8-15(16,9-10)13(20)19-14-17-11-6-2-3-7-12(11)18-14/h2-3,6-7,10H,4-5,8-9,16H2,1H3,(H2,17,18,19,20). The van der Waals surface area contributed by atoms with Crippen LogP contribution in [0.3, 0.4) is 0 Å². The average Bonchev–Trinajstić information content (AvgIpc) is 2.80. The molecule has 1 heterocycles. The number of carbonyl (C=O) groups excluding carboxylic acids is 1. The normalized spacial score (nSPS) is 26.6. The number of amides is 1. The van der Waals surface area contributed by atoms with Gasteiger partial charge in [-0.05, 0) is 30.9 Å². The van der Waals surface area contributed by atoms with Gasteiger partial charge in [0.1, 0.15) is 0 Å². The van der Waals surface area contributed by atoms with E-state index in [1.807, 2.05) is 24.3 Å². The van der Waals surface area contributed by atoms with Gasteiger partial charge in [-0.15, -0.1) is 0 Å². The maximum absolute atomic E-state index is 12.4. The van der Waals surface area contributed by atoms with Gasteiger partial charge in [0.25, 0.3) is 0 Å². The van der Waals surface area contributed by atoms with E-state index in [1.165, 1.54) is 0 Å². The Morgan fingerprint density at radius 1 is 1.50 bits per heavy atom. The minimum absolute atomic E-state index is 0.136. The number of rotatable bonds is 2. The Labute approximate surface area is 118 Å². The highest BCUT2D eigenvalue weighted by atomic mass is 16.2. The number of carbonyl (C=O) groups is 1. The van der Waals surface area contributed by atoms with Gasteiger partial charge < -0.3 is 10.7 Å². The van der Waals surface area contributed by atoms with Gasteiger partial charge in [0.05, 0.1) is 16.6 Å². The van der Waals surface area contributed by atoms with E-state index in [-0.39, 0.29) is 5.91 Å². The minimum atomic E-state index is -0.767. The maximum atomic E-state index is 12.4. The molecule has 106 valence electrons. The van der Waals surface area contributed by atoms with Gasteiger partial charge in [0, 0.05) is 0 Å². The molecule has 1 aliphatic carbocycles. The highest BCUT2D eigenvalue weighted by Crippen LogP contribution is 2.31. The minimum Gasteiger partial charge on any atom is -0.324 e. The first-order chi connectivity index (χ1) is 9.57. The van der Waals surface area contributed by atoms with Crippen molar-refractivity contribution >= 4 is 22.9 Å². The van der Waals surface area contributed by atoms with Crippen LogP contribution in [0.4, 0.5) is 5.95 Å². The third-order valence-corrected chi connectivity index (χ3v) is 4.11. The molecule has 0 aliphatic heterocycles. The molecule has 0 bridgehead atoms. The number of anilines is 1. The van der Waals surface area contributed by atoms with Gasteiger partial charge in [-0.2, -0.15) is 0 Å². The Balaban J connectivity index is 1.78. The molecule has 1 aromatic heterocycles. The van der Waals surface area contributed by atoms with Crippen molar-refractivity contribution in [3.8, 4) is 0 Å². The molecule has 0 spiro atoms. The molecule has 1 aliphatic rings. The second kappa shape index (κ2) is 4.90. The topological polar surface area (TPSA) is 83.8 Å². The van der Waals surface area contributed by atoms with Crippen LogP contribution < -0.4 is 11.1 Å². The SMILES string of the molecule is CC1CCCC(N)(C(=O)Nc2nc3ccccc3[nH]2)C1. The molecule has 1 fully saturated rings. The second-order valence-corrected chi connectivity index (χ2v) is 5.91. The molecule has 4 N–H and O–H groups in total. The molecule has 0 radical (unpaired) electrons. The van der Waals surface area contributed by atoms with Crippen LogP contribution in [0.5, 0.6) is 0 Å². The Morgan fingerprint density at radius 3 is 3.05 bits per heavy atom. The number of H-pyrrole nitrogens is 1.